The van der Waals surface area contributed by atoms with Crippen molar-refractivity contribution in [3.8, 4) is 0 Å². The SMILES string of the molecule is C[C@@H](CO)CCN(C(=O)O)C(C)(C)C. The molecule has 1 atom stereocenters. The second-order valence-electron chi connectivity index (χ2n) is 4.68. The topological polar surface area (TPSA) is 60.8 Å². The van der Waals surface area contributed by atoms with E-state index in [4.69, 9.17) is 10.2 Å². The maximum atomic E-state index is 10.9. The lowest BCUT2D eigenvalue weighted by atomic mass is 10.0. The van der Waals surface area contributed by atoms with E-state index < -0.39 is 6.09 Å². The summed E-state index contributed by atoms with van der Waals surface area (Å²) >= 11 is 0. The highest BCUT2D eigenvalue weighted by Gasteiger charge is 2.25. The van der Waals surface area contributed by atoms with Crippen LogP contribution in [0.3, 0.4) is 0 Å². The number of carbonyl (C=O) groups is 1. The lowest BCUT2D eigenvalue weighted by Gasteiger charge is -2.33. The highest BCUT2D eigenvalue weighted by Crippen LogP contribution is 2.15. The third-order valence-corrected chi connectivity index (χ3v) is 2.20. The molecule has 0 heterocycles. The van der Waals surface area contributed by atoms with Gasteiger partial charge in [0, 0.05) is 18.7 Å². The van der Waals surface area contributed by atoms with Crippen LogP contribution in [0.2, 0.25) is 0 Å². The van der Waals surface area contributed by atoms with Gasteiger partial charge in [0.2, 0.25) is 0 Å². The van der Waals surface area contributed by atoms with Gasteiger partial charge >= 0.3 is 6.09 Å². The zero-order valence-corrected chi connectivity index (χ0v) is 9.45. The van der Waals surface area contributed by atoms with Crippen LogP contribution in [0.4, 0.5) is 4.79 Å². The molecule has 2 N–H and O–H groups in total. The maximum absolute atomic E-state index is 10.9. The van der Waals surface area contributed by atoms with E-state index >= 15 is 0 Å². The Morgan fingerprint density at radius 1 is 1.43 bits per heavy atom. The summed E-state index contributed by atoms with van der Waals surface area (Å²) in [6, 6.07) is 0. The molecule has 1 amide bonds. The fourth-order valence-corrected chi connectivity index (χ4v) is 1.16. The predicted molar refractivity (Wildman–Crippen MR) is 55.4 cm³/mol. The van der Waals surface area contributed by atoms with Crippen LogP contribution in [0.1, 0.15) is 34.1 Å². The lowest BCUT2D eigenvalue weighted by molar-refractivity contribution is 0.0930. The van der Waals surface area contributed by atoms with Crippen LogP contribution in [0.5, 0.6) is 0 Å². The molecule has 0 spiro atoms. The zero-order chi connectivity index (χ0) is 11.4. The normalized spacial score (nSPS) is 13.8. The Labute approximate surface area is 85.5 Å². The minimum Gasteiger partial charge on any atom is -0.465 e. The second-order valence-corrected chi connectivity index (χ2v) is 4.68. The summed E-state index contributed by atoms with van der Waals surface area (Å²) in [6.45, 7) is 8.08. The molecule has 0 aromatic heterocycles. The van der Waals surface area contributed by atoms with Crippen LogP contribution >= 0.6 is 0 Å². The van der Waals surface area contributed by atoms with E-state index in [1.807, 2.05) is 27.7 Å². The van der Waals surface area contributed by atoms with Crippen LogP contribution in [-0.2, 0) is 0 Å². The van der Waals surface area contributed by atoms with Crippen molar-refractivity contribution in [2.24, 2.45) is 5.92 Å². The van der Waals surface area contributed by atoms with Gasteiger partial charge in [-0.1, -0.05) is 6.92 Å². The average Bonchev–Trinajstić information content (AvgIpc) is 2.01. The fraction of sp³-hybridized carbons (Fsp3) is 0.900. The van der Waals surface area contributed by atoms with Crippen molar-refractivity contribution in [1.82, 2.24) is 4.90 Å². The molecule has 84 valence electrons. The highest BCUT2D eigenvalue weighted by atomic mass is 16.4. The van der Waals surface area contributed by atoms with E-state index in [-0.39, 0.29) is 18.1 Å². The van der Waals surface area contributed by atoms with Gasteiger partial charge in [-0.05, 0) is 33.1 Å². The maximum Gasteiger partial charge on any atom is 0.407 e. The molecule has 0 fully saturated rings. The van der Waals surface area contributed by atoms with E-state index in [0.29, 0.717) is 13.0 Å². The smallest absolute Gasteiger partial charge is 0.407 e. The average molecular weight is 203 g/mol. The molecule has 14 heavy (non-hydrogen) atoms. The van der Waals surface area contributed by atoms with Gasteiger partial charge in [-0.2, -0.15) is 0 Å². The molecule has 0 rings (SSSR count). The van der Waals surface area contributed by atoms with E-state index in [1.54, 1.807) is 0 Å². The molecule has 0 unspecified atom stereocenters. The Kier molecular flexibility index (Phi) is 4.91. The first kappa shape index (κ1) is 13.2. The van der Waals surface area contributed by atoms with Gasteiger partial charge in [-0.25, -0.2) is 4.79 Å². The number of hydrogen-bond acceptors (Lipinski definition) is 2. The molecule has 4 heteroatoms. The van der Waals surface area contributed by atoms with Gasteiger partial charge in [0.1, 0.15) is 0 Å². The number of rotatable bonds is 4. The van der Waals surface area contributed by atoms with E-state index in [1.165, 1.54) is 4.90 Å². The van der Waals surface area contributed by atoms with Gasteiger partial charge in [0.05, 0.1) is 0 Å². The van der Waals surface area contributed by atoms with Crippen LogP contribution < -0.4 is 0 Å². The molecular weight excluding hydrogens is 182 g/mol. The third kappa shape index (κ3) is 4.46. The number of carboxylic acid groups (broad SMARTS) is 1. The third-order valence-electron chi connectivity index (χ3n) is 2.20. The quantitative estimate of drug-likeness (QED) is 0.732. The molecule has 0 bridgehead atoms. The summed E-state index contributed by atoms with van der Waals surface area (Å²) in [5.74, 6) is 0.152. The first-order chi connectivity index (χ1) is 6.29. The number of aliphatic hydroxyl groups excluding tert-OH is 1. The monoisotopic (exact) mass is 203 g/mol. The number of hydrogen-bond donors (Lipinski definition) is 2. The number of nitrogens with zero attached hydrogens (tertiary/aromatic N) is 1. The van der Waals surface area contributed by atoms with Gasteiger partial charge in [0.25, 0.3) is 0 Å². The van der Waals surface area contributed by atoms with E-state index in [9.17, 15) is 4.79 Å². The number of aliphatic hydroxyl groups is 1. The first-order valence-corrected chi connectivity index (χ1v) is 4.90. The predicted octanol–water partition coefficient (Wildman–Crippen LogP) is 1.78. The first-order valence-electron chi connectivity index (χ1n) is 4.90. The summed E-state index contributed by atoms with van der Waals surface area (Å²) < 4.78 is 0. The summed E-state index contributed by atoms with van der Waals surface area (Å²) in [5, 5.41) is 17.8. The van der Waals surface area contributed by atoms with Crippen LogP contribution in [0.15, 0.2) is 0 Å². The summed E-state index contributed by atoms with van der Waals surface area (Å²) in [7, 11) is 0. The molecule has 0 saturated heterocycles. The largest absolute Gasteiger partial charge is 0.465 e. The summed E-state index contributed by atoms with van der Waals surface area (Å²) in [5.41, 5.74) is -0.374. The van der Waals surface area contributed by atoms with Gasteiger partial charge in [-0.15, -0.1) is 0 Å². The Balaban J connectivity index is 4.19. The van der Waals surface area contributed by atoms with Crippen molar-refractivity contribution < 1.29 is 15.0 Å². The lowest BCUT2D eigenvalue weighted by Crippen LogP contribution is -2.45. The minimum atomic E-state index is -0.900. The van der Waals surface area contributed by atoms with Gasteiger partial charge in [-0.3, -0.25) is 0 Å². The Hall–Kier alpha value is -0.770. The number of amides is 1. The van der Waals surface area contributed by atoms with E-state index in [2.05, 4.69) is 0 Å². The second kappa shape index (κ2) is 5.20. The Morgan fingerprint density at radius 3 is 2.21 bits per heavy atom. The molecule has 0 aliphatic carbocycles. The molecule has 4 nitrogen and oxygen atoms in total. The molecule has 0 radical (unpaired) electrons. The highest BCUT2D eigenvalue weighted by molar-refractivity contribution is 5.65. The summed E-state index contributed by atoms with van der Waals surface area (Å²) in [4.78, 5) is 12.3. The Morgan fingerprint density at radius 2 is 1.93 bits per heavy atom. The van der Waals surface area contributed by atoms with Crippen molar-refractivity contribution in [3.05, 3.63) is 0 Å². The van der Waals surface area contributed by atoms with Crippen LogP contribution in [0, 0.1) is 5.92 Å². The standard InChI is InChI=1S/C10H21NO3/c1-8(7-12)5-6-11(9(13)14)10(2,3)4/h8,12H,5-7H2,1-4H3,(H,13,14)/t8-/m1/s1. The van der Waals surface area contributed by atoms with Crippen LogP contribution in [-0.4, -0.2) is 39.9 Å². The van der Waals surface area contributed by atoms with Crippen molar-refractivity contribution in [2.45, 2.75) is 39.7 Å². The van der Waals surface area contributed by atoms with Gasteiger partial charge in [0.15, 0.2) is 0 Å². The molecule has 0 aliphatic rings. The molecule has 0 aromatic rings. The Bertz CT molecular complexity index is 186. The molecular formula is C10H21NO3. The molecule has 0 saturated carbocycles. The van der Waals surface area contributed by atoms with Crippen molar-refractivity contribution >= 4 is 6.09 Å². The molecule has 0 aliphatic heterocycles. The van der Waals surface area contributed by atoms with Crippen molar-refractivity contribution in [2.75, 3.05) is 13.2 Å². The van der Waals surface area contributed by atoms with Crippen molar-refractivity contribution in [1.29, 1.82) is 0 Å². The summed E-state index contributed by atoms with van der Waals surface area (Å²) in [6.07, 6.45) is -0.206. The van der Waals surface area contributed by atoms with Crippen molar-refractivity contribution in [3.63, 3.8) is 0 Å². The fourth-order valence-electron chi connectivity index (χ4n) is 1.16. The minimum absolute atomic E-state index is 0.109. The van der Waals surface area contributed by atoms with E-state index in [0.717, 1.165) is 0 Å². The zero-order valence-electron chi connectivity index (χ0n) is 9.45. The van der Waals surface area contributed by atoms with Crippen LogP contribution in [0.25, 0.3) is 0 Å². The molecule has 0 aromatic carbocycles. The van der Waals surface area contributed by atoms with Gasteiger partial charge < -0.3 is 15.1 Å².